The van der Waals surface area contributed by atoms with Gasteiger partial charge in [-0.25, -0.2) is 4.39 Å². The summed E-state index contributed by atoms with van der Waals surface area (Å²) in [6.45, 7) is 3.55. The van der Waals surface area contributed by atoms with Crippen molar-refractivity contribution < 1.29 is 18.7 Å². The summed E-state index contributed by atoms with van der Waals surface area (Å²) in [4.78, 5) is 24.2. The zero-order chi connectivity index (χ0) is 17.7. The molecule has 0 aliphatic rings. The van der Waals surface area contributed by atoms with Gasteiger partial charge in [0.25, 0.3) is 5.91 Å². The normalized spacial score (nSPS) is 10.2. The Labute approximate surface area is 139 Å². The summed E-state index contributed by atoms with van der Waals surface area (Å²) in [5, 5.41) is 5.23. The number of carbonyl (C=O) groups excluding carboxylic acids is 2. The summed E-state index contributed by atoms with van der Waals surface area (Å²) in [5.41, 5.74) is 2.63. The molecule has 0 radical (unpaired) electrons. The van der Waals surface area contributed by atoms with E-state index in [9.17, 15) is 14.0 Å². The Morgan fingerprint density at radius 3 is 2.42 bits per heavy atom. The fourth-order valence-corrected chi connectivity index (χ4v) is 2.31. The Morgan fingerprint density at radius 2 is 1.79 bits per heavy atom. The molecule has 2 aromatic rings. The fraction of sp³-hybridized carbons (Fsp3) is 0.222. The molecule has 0 saturated carbocycles. The average molecular weight is 330 g/mol. The number of nitrogens with one attached hydrogen (secondary N) is 2. The van der Waals surface area contributed by atoms with Gasteiger partial charge in [0, 0.05) is 5.69 Å². The number of anilines is 1. The average Bonchev–Trinajstić information content (AvgIpc) is 2.56. The highest BCUT2D eigenvalue weighted by molar-refractivity contribution is 6.01. The first-order valence-electron chi connectivity index (χ1n) is 7.40. The van der Waals surface area contributed by atoms with Crippen molar-refractivity contribution in [1.82, 2.24) is 5.32 Å². The first kappa shape index (κ1) is 17.5. The molecule has 0 saturated heterocycles. The molecular formula is C18H19FN2O3. The van der Waals surface area contributed by atoms with Crippen molar-refractivity contribution in [3.63, 3.8) is 0 Å². The number of rotatable bonds is 5. The number of para-hydroxylation sites is 1. The predicted molar refractivity (Wildman–Crippen MR) is 89.8 cm³/mol. The molecule has 0 aliphatic heterocycles. The largest absolute Gasteiger partial charge is 0.496 e. The summed E-state index contributed by atoms with van der Waals surface area (Å²) < 4.78 is 18.3. The SMILES string of the molecule is COc1ccc(F)cc1C(=O)NCC(=O)Nc1c(C)cccc1C. The number of methoxy groups -OCH3 is 1. The topological polar surface area (TPSA) is 67.4 Å². The van der Waals surface area contributed by atoms with E-state index in [1.807, 2.05) is 32.0 Å². The molecule has 2 rings (SSSR count). The van der Waals surface area contributed by atoms with Crippen LogP contribution in [0.15, 0.2) is 36.4 Å². The number of aryl methyl sites for hydroxylation is 2. The van der Waals surface area contributed by atoms with Crippen LogP contribution in [0.3, 0.4) is 0 Å². The van der Waals surface area contributed by atoms with Crippen LogP contribution in [0, 0.1) is 19.7 Å². The minimum absolute atomic E-state index is 0.0392. The van der Waals surface area contributed by atoms with Crippen molar-refractivity contribution in [2.75, 3.05) is 19.0 Å². The summed E-state index contributed by atoms with van der Waals surface area (Å²) in [6.07, 6.45) is 0. The Balaban J connectivity index is 2.02. The number of carbonyl (C=O) groups is 2. The second-order valence-corrected chi connectivity index (χ2v) is 5.34. The van der Waals surface area contributed by atoms with Crippen LogP contribution in [0.2, 0.25) is 0 Å². The van der Waals surface area contributed by atoms with Crippen LogP contribution in [-0.4, -0.2) is 25.5 Å². The molecule has 2 N–H and O–H groups in total. The third kappa shape index (κ3) is 4.10. The Bertz CT molecular complexity index is 755. The van der Waals surface area contributed by atoms with Gasteiger partial charge in [0.05, 0.1) is 19.2 Å². The van der Waals surface area contributed by atoms with Crippen molar-refractivity contribution in [3.8, 4) is 5.75 Å². The molecule has 24 heavy (non-hydrogen) atoms. The van der Waals surface area contributed by atoms with Crippen molar-refractivity contribution in [2.24, 2.45) is 0 Å². The smallest absolute Gasteiger partial charge is 0.255 e. The second-order valence-electron chi connectivity index (χ2n) is 5.34. The van der Waals surface area contributed by atoms with Gasteiger partial charge in [-0.3, -0.25) is 9.59 Å². The molecule has 0 spiro atoms. The van der Waals surface area contributed by atoms with Crippen LogP contribution in [-0.2, 0) is 4.79 Å². The van der Waals surface area contributed by atoms with E-state index in [1.54, 1.807) is 0 Å². The van der Waals surface area contributed by atoms with Gasteiger partial charge < -0.3 is 15.4 Å². The molecule has 0 aliphatic carbocycles. The third-order valence-corrected chi connectivity index (χ3v) is 3.56. The number of halogens is 1. The van der Waals surface area contributed by atoms with Gasteiger partial charge in [0.1, 0.15) is 11.6 Å². The van der Waals surface area contributed by atoms with Crippen LogP contribution in [0.25, 0.3) is 0 Å². The monoisotopic (exact) mass is 330 g/mol. The Kier molecular flexibility index (Phi) is 5.52. The lowest BCUT2D eigenvalue weighted by Crippen LogP contribution is -2.33. The minimum atomic E-state index is -0.581. The summed E-state index contributed by atoms with van der Waals surface area (Å²) in [7, 11) is 1.39. The molecule has 6 heteroatoms. The van der Waals surface area contributed by atoms with Gasteiger partial charge >= 0.3 is 0 Å². The number of hydrogen-bond acceptors (Lipinski definition) is 3. The molecule has 0 fully saturated rings. The van der Waals surface area contributed by atoms with Crippen LogP contribution in [0.5, 0.6) is 5.75 Å². The zero-order valence-corrected chi connectivity index (χ0v) is 13.8. The highest BCUT2D eigenvalue weighted by Crippen LogP contribution is 2.20. The molecular weight excluding hydrogens is 311 g/mol. The first-order chi connectivity index (χ1) is 11.4. The summed E-state index contributed by atoms with van der Waals surface area (Å²) in [5.74, 6) is -1.26. The quantitative estimate of drug-likeness (QED) is 0.886. The molecule has 2 amide bonds. The van der Waals surface area contributed by atoms with E-state index in [2.05, 4.69) is 10.6 Å². The van der Waals surface area contributed by atoms with Gasteiger partial charge in [0.15, 0.2) is 0 Å². The maximum absolute atomic E-state index is 13.3. The van der Waals surface area contributed by atoms with Crippen molar-refractivity contribution in [3.05, 3.63) is 58.9 Å². The standard InChI is InChI=1S/C18H19FN2O3/c1-11-5-4-6-12(2)17(11)21-16(22)10-20-18(23)14-9-13(19)7-8-15(14)24-3/h4-9H,10H2,1-3H3,(H,20,23)(H,21,22). The highest BCUT2D eigenvalue weighted by atomic mass is 19.1. The van der Waals surface area contributed by atoms with Gasteiger partial charge in [-0.05, 0) is 43.2 Å². The van der Waals surface area contributed by atoms with Crippen molar-refractivity contribution >= 4 is 17.5 Å². The van der Waals surface area contributed by atoms with Crippen LogP contribution in [0.4, 0.5) is 10.1 Å². The van der Waals surface area contributed by atoms with E-state index in [0.29, 0.717) is 0 Å². The van der Waals surface area contributed by atoms with Gasteiger partial charge in [-0.2, -0.15) is 0 Å². The zero-order valence-electron chi connectivity index (χ0n) is 13.8. The van der Waals surface area contributed by atoms with E-state index in [-0.39, 0.29) is 23.8 Å². The number of ether oxygens (including phenoxy) is 1. The molecule has 2 aromatic carbocycles. The van der Waals surface area contributed by atoms with Crippen LogP contribution >= 0.6 is 0 Å². The Morgan fingerprint density at radius 1 is 1.12 bits per heavy atom. The van der Waals surface area contributed by atoms with Crippen LogP contribution in [0.1, 0.15) is 21.5 Å². The highest BCUT2D eigenvalue weighted by Gasteiger charge is 2.15. The van der Waals surface area contributed by atoms with E-state index in [0.717, 1.165) is 22.9 Å². The maximum atomic E-state index is 13.3. The van der Waals surface area contributed by atoms with Crippen LogP contribution < -0.4 is 15.4 Å². The van der Waals surface area contributed by atoms with E-state index < -0.39 is 11.7 Å². The predicted octanol–water partition coefficient (Wildman–Crippen LogP) is 2.82. The molecule has 0 heterocycles. The molecule has 0 atom stereocenters. The lowest BCUT2D eigenvalue weighted by Gasteiger charge is -2.12. The molecule has 0 bridgehead atoms. The third-order valence-electron chi connectivity index (χ3n) is 3.56. The maximum Gasteiger partial charge on any atom is 0.255 e. The van der Waals surface area contributed by atoms with Crippen molar-refractivity contribution in [2.45, 2.75) is 13.8 Å². The van der Waals surface area contributed by atoms with Crippen molar-refractivity contribution in [1.29, 1.82) is 0 Å². The summed E-state index contributed by atoms with van der Waals surface area (Å²) in [6, 6.07) is 9.30. The van der Waals surface area contributed by atoms with E-state index >= 15 is 0 Å². The Hall–Kier alpha value is -2.89. The lowest BCUT2D eigenvalue weighted by molar-refractivity contribution is -0.115. The van der Waals surface area contributed by atoms with Gasteiger partial charge in [-0.1, -0.05) is 18.2 Å². The molecule has 0 unspecified atom stereocenters. The molecule has 126 valence electrons. The fourth-order valence-electron chi connectivity index (χ4n) is 2.31. The summed E-state index contributed by atoms with van der Waals surface area (Å²) >= 11 is 0. The molecule has 5 nitrogen and oxygen atoms in total. The minimum Gasteiger partial charge on any atom is -0.496 e. The number of amides is 2. The number of hydrogen-bond donors (Lipinski definition) is 2. The number of benzene rings is 2. The van der Waals surface area contributed by atoms with E-state index in [1.165, 1.54) is 19.2 Å². The van der Waals surface area contributed by atoms with Gasteiger partial charge in [-0.15, -0.1) is 0 Å². The lowest BCUT2D eigenvalue weighted by atomic mass is 10.1. The van der Waals surface area contributed by atoms with E-state index in [4.69, 9.17) is 4.74 Å². The second kappa shape index (κ2) is 7.59. The first-order valence-corrected chi connectivity index (χ1v) is 7.40. The molecule has 0 aromatic heterocycles. The van der Waals surface area contributed by atoms with Gasteiger partial charge in [0.2, 0.25) is 5.91 Å².